The second-order valence-corrected chi connectivity index (χ2v) is 9.08. The van der Waals surface area contributed by atoms with Crippen molar-refractivity contribution in [3.63, 3.8) is 0 Å². The summed E-state index contributed by atoms with van der Waals surface area (Å²) in [4.78, 5) is 12.6. The Bertz CT molecular complexity index is 1170. The molecule has 0 aromatic heterocycles. The van der Waals surface area contributed by atoms with Crippen molar-refractivity contribution in [2.24, 2.45) is 0 Å². The maximum atomic E-state index is 12.6. The van der Waals surface area contributed by atoms with E-state index in [-0.39, 0.29) is 12.0 Å². The van der Waals surface area contributed by atoms with Gasteiger partial charge in [-0.15, -0.1) is 0 Å². The van der Waals surface area contributed by atoms with E-state index in [1.165, 1.54) is 0 Å². The number of nitrogens with one attached hydrogen (secondary N) is 1. The molecule has 5 heteroatoms. The Balaban J connectivity index is 2.23. The van der Waals surface area contributed by atoms with E-state index in [4.69, 9.17) is 14.2 Å². The summed E-state index contributed by atoms with van der Waals surface area (Å²) in [7, 11) is 3.39. The van der Waals surface area contributed by atoms with Crippen molar-refractivity contribution in [3.8, 4) is 11.5 Å². The molecule has 190 valence electrons. The first-order valence-electron chi connectivity index (χ1n) is 12.2. The minimum absolute atomic E-state index is 0.239. The first-order chi connectivity index (χ1) is 17.2. The maximum Gasteiger partial charge on any atom is 0.332 e. The van der Waals surface area contributed by atoms with Gasteiger partial charge in [-0.3, -0.25) is 0 Å². The zero-order valence-corrected chi connectivity index (χ0v) is 22.6. The molecule has 0 saturated carbocycles. The Kier molecular flexibility index (Phi) is 8.81. The van der Waals surface area contributed by atoms with Crippen LogP contribution in [0.4, 0.5) is 0 Å². The second-order valence-electron chi connectivity index (χ2n) is 9.08. The number of hydrogen-bond acceptors (Lipinski definition) is 5. The fourth-order valence-electron chi connectivity index (χ4n) is 4.83. The van der Waals surface area contributed by atoms with Gasteiger partial charge in [0.25, 0.3) is 0 Å². The Morgan fingerprint density at radius 1 is 0.806 bits per heavy atom. The molecule has 0 heterocycles. The van der Waals surface area contributed by atoms with Gasteiger partial charge in [0.2, 0.25) is 0 Å². The summed E-state index contributed by atoms with van der Waals surface area (Å²) >= 11 is 0. The van der Waals surface area contributed by atoms with Gasteiger partial charge in [-0.2, -0.15) is 0 Å². The van der Waals surface area contributed by atoms with Gasteiger partial charge in [0, 0.05) is 17.3 Å². The molecule has 1 N–H and O–H groups in total. The molecular weight excluding hydrogens is 450 g/mol. The number of rotatable bonds is 9. The SMILES string of the molecule is CCOC(=O)/C=C(/NC(c1cc(C)c(OC)c(C)c1)c1cc(C)c(OC)c(C)c1)c1ccccc1C. The van der Waals surface area contributed by atoms with E-state index in [0.717, 1.165) is 56.0 Å². The van der Waals surface area contributed by atoms with E-state index in [1.807, 2.05) is 58.9 Å². The van der Waals surface area contributed by atoms with Crippen LogP contribution in [0.3, 0.4) is 0 Å². The first-order valence-corrected chi connectivity index (χ1v) is 12.2. The molecule has 0 amide bonds. The van der Waals surface area contributed by atoms with Gasteiger partial charge in [0.15, 0.2) is 0 Å². The molecule has 0 atom stereocenters. The van der Waals surface area contributed by atoms with Crippen molar-refractivity contribution in [2.75, 3.05) is 20.8 Å². The molecule has 0 fully saturated rings. The summed E-state index contributed by atoms with van der Waals surface area (Å²) in [6, 6.07) is 16.3. The minimum Gasteiger partial charge on any atom is -0.496 e. The molecule has 3 aromatic carbocycles. The Morgan fingerprint density at radius 2 is 1.28 bits per heavy atom. The second kappa shape index (κ2) is 11.8. The van der Waals surface area contributed by atoms with E-state index in [1.54, 1.807) is 27.2 Å². The van der Waals surface area contributed by atoms with E-state index >= 15 is 0 Å². The number of aryl methyl sites for hydroxylation is 5. The van der Waals surface area contributed by atoms with Gasteiger partial charge in [-0.25, -0.2) is 4.79 Å². The number of hydrogen-bond donors (Lipinski definition) is 1. The third-order valence-electron chi connectivity index (χ3n) is 6.32. The summed E-state index contributed by atoms with van der Waals surface area (Å²) < 4.78 is 16.5. The molecule has 0 unspecified atom stereocenters. The molecule has 5 nitrogen and oxygen atoms in total. The summed E-state index contributed by atoms with van der Waals surface area (Å²) in [5, 5.41) is 3.70. The van der Waals surface area contributed by atoms with Crippen molar-refractivity contribution in [2.45, 2.75) is 47.6 Å². The predicted octanol–water partition coefficient (Wildman–Crippen LogP) is 6.53. The molecule has 36 heavy (non-hydrogen) atoms. The highest BCUT2D eigenvalue weighted by Gasteiger charge is 2.22. The van der Waals surface area contributed by atoms with Gasteiger partial charge in [0.05, 0.1) is 26.9 Å². The Morgan fingerprint density at radius 3 is 1.69 bits per heavy atom. The van der Waals surface area contributed by atoms with E-state index in [9.17, 15) is 4.79 Å². The zero-order valence-electron chi connectivity index (χ0n) is 22.6. The van der Waals surface area contributed by atoms with Crippen LogP contribution < -0.4 is 14.8 Å². The molecule has 0 aliphatic carbocycles. The van der Waals surface area contributed by atoms with Crippen LogP contribution in [0.1, 0.15) is 57.5 Å². The average molecular weight is 488 g/mol. The van der Waals surface area contributed by atoms with Crippen LogP contribution in [-0.2, 0) is 9.53 Å². The van der Waals surface area contributed by atoms with Crippen molar-refractivity contribution >= 4 is 11.7 Å². The summed E-state index contributed by atoms with van der Waals surface area (Å²) in [5.74, 6) is 1.37. The molecule has 0 bridgehead atoms. The third kappa shape index (κ3) is 5.91. The molecule has 0 aliphatic rings. The summed E-state index contributed by atoms with van der Waals surface area (Å²) in [6.07, 6.45) is 1.55. The van der Waals surface area contributed by atoms with E-state index < -0.39 is 0 Å². The highest BCUT2D eigenvalue weighted by Crippen LogP contribution is 2.35. The Hall–Kier alpha value is -3.73. The number of carbonyl (C=O) groups is 1. The van der Waals surface area contributed by atoms with E-state index in [0.29, 0.717) is 12.3 Å². The molecule has 3 rings (SSSR count). The lowest BCUT2D eigenvalue weighted by atomic mass is 9.91. The zero-order chi connectivity index (χ0) is 26.4. The number of benzene rings is 3. The van der Waals surface area contributed by atoms with Crippen molar-refractivity contribution in [1.29, 1.82) is 0 Å². The van der Waals surface area contributed by atoms with Gasteiger partial charge in [0.1, 0.15) is 11.5 Å². The van der Waals surface area contributed by atoms with Gasteiger partial charge >= 0.3 is 5.97 Å². The standard InChI is InChI=1S/C31H37NO4/c1-9-36-28(33)18-27(26-13-11-10-12-19(26)2)32-29(24-14-20(3)30(34-7)21(4)15-24)25-16-22(5)31(35-8)23(6)17-25/h10-18,29,32H,9H2,1-8H3/b27-18+. The predicted molar refractivity (Wildman–Crippen MR) is 146 cm³/mol. The molecule has 0 saturated heterocycles. The average Bonchev–Trinajstić information content (AvgIpc) is 2.82. The van der Waals surface area contributed by atoms with Gasteiger partial charge < -0.3 is 19.5 Å². The number of ether oxygens (including phenoxy) is 3. The van der Waals surface area contributed by atoms with Crippen LogP contribution in [0.25, 0.3) is 5.70 Å². The largest absolute Gasteiger partial charge is 0.496 e. The number of carbonyl (C=O) groups excluding carboxylic acids is 1. The van der Waals surface area contributed by atoms with Crippen LogP contribution in [0.2, 0.25) is 0 Å². The summed E-state index contributed by atoms with van der Waals surface area (Å²) in [6.45, 7) is 12.4. The smallest absolute Gasteiger partial charge is 0.332 e. The van der Waals surface area contributed by atoms with E-state index in [2.05, 4.69) is 29.6 Å². The molecule has 3 aromatic rings. The quantitative estimate of drug-likeness (QED) is 0.275. The molecule has 0 radical (unpaired) electrons. The van der Waals surface area contributed by atoms with Crippen molar-refractivity contribution in [1.82, 2.24) is 5.32 Å². The van der Waals surface area contributed by atoms with Crippen LogP contribution in [0.15, 0.2) is 54.6 Å². The van der Waals surface area contributed by atoms with Crippen LogP contribution in [-0.4, -0.2) is 26.8 Å². The highest BCUT2D eigenvalue weighted by molar-refractivity contribution is 5.91. The molecule has 0 aliphatic heterocycles. The molecular formula is C31H37NO4. The lowest BCUT2D eigenvalue weighted by molar-refractivity contribution is -0.137. The lowest BCUT2D eigenvalue weighted by Crippen LogP contribution is -2.23. The van der Waals surface area contributed by atoms with Crippen molar-refractivity contribution < 1.29 is 19.0 Å². The maximum absolute atomic E-state index is 12.6. The number of methoxy groups -OCH3 is 2. The normalized spacial score (nSPS) is 11.4. The topological polar surface area (TPSA) is 56.8 Å². The fraction of sp³-hybridized carbons (Fsp3) is 0.323. The third-order valence-corrected chi connectivity index (χ3v) is 6.32. The monoisotopic (exact) mass is 487 g/mol. The number of esters is 1. The van der Waals surface area contributed by atoms with Crippen LogP contribution in [0.5, 0.6) is 11.5 Å². The first kappa shape index (κ1) is 26.9. The minimum atomic E-state index is -0.383. The molecule has 0 spiro atoms. The van der Waals surface area contributed by atoms with Gasteiger partial charge in [-0.05, 0) is 105 Å². The Labute approximate surface area is 215 Å². The lowest BCUT2D eigenvalue weighted by Gasteiger charge is -2.26. The highest BCUT2D eigenvalue weighted by atomic mass is 16.5. The van der Waals surface area contributed by atoms with Gasteiger partial charge in [-0.1, -0.05) is 24.3 Å². The fourth-order valence-corrected chi connectivity index (χ4v) is 4.83. The van der Waals surface area contributed by atoms with Crippen LogP contribution >= 0.6 is 0 Å². The van der Waals surface area contributed by atoms with Crippen molar-refractivity contribution in [3.05, 3.63) is 99.1 Å². The summed E-state index contributed by atoms with van der Waals surface area (Å²) in [5.41, 5.74) is 9.04. The van der Waals surface area contributed by atoms with Crippen LogP contribution in [0, 0.1) is 34.6 Å².